The summed E-state index contributed by atoms with van der Waals surface area (Å²) in [5.74, 6) is 1.90. The second-order valence-corrected chi connectivity index (χ2v) is 7.07. The molecule has 5 heteroatoms. The molecule has 0 aliphatic carbocycles. The van der Waals surface area contributed by atoms with Crippen LogP contribution in [0.3, 0.4) is 0 Å². The second kappa shape index (κ2) is 8.47. The lowest BCUT2D eigenvalue weighted by Gasteiger charge is -2.31. The molecule has 1 aliphatic rings. The van der Waals surface area contributed by atoms with Crippen molar-refractivity contribution in [2.75, 3.05) is 24.5 Å². The van der Waals surface area contributed by atoms with Crippen LogP contribution in [0, 0.1) is 11.3 Å². The fraction of sp³-hybridized carbons (Fsp3) is 0.684. The molecule has 1 aromatic rings. The van der Waals surface area contributed by atoms with Gasteiger partial charge in [-0.15, -0.1) is 0 Å². The number of piperidine rings is 1. The van der Waals surface area contributed by atoms with Gasteiger partial charge in [-0.3, -0.25) is 4.79 Å². The van der Waals surface area contributed by atoms with Crippen molar-refractivity contribution in [3.05, 3.63) is 23.9 Å². The number of rotatable bonds is 7. The molecule has 0 spiro atoms. The van der Waals surface area contributed by atoms with E-state index in [4.69, 9.17) is 5.73 Å². The predicted molar refractivity (Wildman–Crippen MR) is 98.8 cm³/mol. The van der Waals surface area contributed by atoms with Crippen LogP contribution >= 0.6 is 0 Å². The number of aromatic nitrogens is 1. The molecule has 1 aliphatic heterocycles. The number of nitrogens with zero attached hydrogens (tertiary/aromatic N) is 2. The van der Waals surface area contributed by atoms with Gasteiger partial charge in [-0.25, -0.2) is 4.98 Å². The summed E-state index contributed by atoms with van der Waals surface area (Å²) in [5.41, 5.74) is 6.41. The lowest BCUT2D eigenvalue weighted by Crippen LogP contribution is -2.45. The molecule has 2 rings (SSSR count). The van der Waals surface area contributed by atoms with Crippen molar-refractivity contribution >= 4 is 11.7 Å². The number of hydrogen-bond donors (Lipinski definition) is 2. The maximum atomic E-state index is 12.5. The largest absolute Gasteiger partial charge is 0.357 e. The Balaban J connectivity index is 1.91. The van der Waals surface area contributed by atoms with Gasteiger partial charge in [-0.05, 0) is 43.2 Å². The minimum atomic E-state index is -0.447. The van der Waals surface area contributed by atoms with Crippen molar-refractivity contribution < 1.29 is 4.79 Å². The van der Waals surface area contributed by atoms with E-state index >= 15 is 0 Å². The molecule has 5 nitrogen and oxygen atoms in total. The fourth-order valence-electron chi connectivity index (χ4n) is 3.27. The maximum Gasteiger partial charge on any atom is 0.227 e. The molecule has 1 amide bonds. The zero-order chi connectivity index (χ0) is 17.6. The normalized spacial score (nSPS) is 16.2. The first-order valence-electron chi connectivity index (χ1n) is 9.23. The first-order chi connectivity index (χ1) is 11.5. The molecular weight excluding hydrogens is 300 g/mol. The Morgan fingerprint density at radius 3 is 2.50 bits per heavy atom. The standard InChI is InChI=1S/C19H32N4O/c1-4-19(5-2,14-20)18(24)22-13-16-6-7-17(21-12-16)23-10-8-15(3)9-11-23/h6-7,12,15H,4-5,8-11,13-14,20H2,1-3H3,(H,22,24). The highest BCUT2D eigenvalue weighted by atomic mass is 16.2. The molecule has 2 heterocycles. The molecule has 1 aromatic heterocycles. The molecule has 0 radical (unpaired) electrons. The van der Waals surface area contributed by atoms with Crippen molar-refractivity contribution in [2.24, 2.45) is 17.1 Å². The quantitative estimate of drug-likeness (QED) is 0.805. The number of pyridine rings is 1. The summed E-state index contributed by atoms with van der Waals surface area (Å²) < 4.78 is 0. The summed E-state index contributed by atoms with van der Waals surface area (Å²) in [6, 6.07) is 4.12. The van der Waals surface area contributed by atoms with Crippen LogP contribution in [0.5, 0.6) is 0 Å². The summed E-state index contributed by atoms with van der Waals surface area (Å²) in [6.45, 7) is 9.40. The van der Waals surface area contributed by atoms with E-state index in [-0.39, 0.29) is 5.91 Å². The molecule has 1 fully saturated rings. The van der Waals surface area contributed by atoms with Crippen molar-refractivity contribution in [1.29, 1.82) is 0 Å². The van der Waals surface area contributed by atoms with Crippen LogP contribution in [-0.4, -0.2) is 30.5 Å². The molecule has 0 bridgehead atoms. The number of anilines is 1. The molecule has 0 aromatic carbocycles. The van der Waals surface area contributed by atoms with Gasteiger partial charge in [0.25, 0.3) is 0 Å². The van der Waals surface area contributed by atoms with Crippen LogP contribution in [-0.2, 0) is 11.3 Å². The number of carbonyl (C=O) groups excluding carboxylic acids is 1. The molecule has 0 atom stereocenters. The SMILES string of the molecule is CCC(CC)(CN)C(=O)NCc1ccc(N2CCC(C)CC2)nc1. The van der Waals surface area contributed by atoms with E-state index in [9.17, 15) is 4.79 Å². The molecule has 0 unspecified atom stereocenters. The molecule has 0 saturated carbocycles. The fourth-order valence-corrected chi connectivity index (χ4v) is 3.27. The monoisotopic (exact) mass is 332 g/mol. The van der Waals surface area contributed by atoms with E-state index in [0.29, 0.717) is 13.1 Å². The Bertz CT molecular complexity index is 508. The third kappa shape index (κ3) is 4.26. The minimum Gasteiger partial charge on any atom is -0.357 e. The third-order valence-corrected chi connectivity index (χ3v) is 5.60. The lowest BCUT2D eigenvalue weighted by atomic mass is 9.81. The van der Waals surface area contributed by atoms with Gasteiger partial charge < -0.3 is 16.0 Å². The Morgan fingerprint density at radius 1 is 1.33 bits per heavy atom. The van der Waals surface area contributed by atoms with E-state index in [2.05, 4.69) is 34.3 Å². The Hall–Kier alpha value is -1.62. The smallest absolute Gasteiger partial charge is 0.227 e. The summed E-state index contributed by atoms with van der Waals surface area (Å²) in [5, 5.41) is 3.02. The van der Waals surface area contributed by atoms with Crippen molar-refractivity contribution in [3.63, 3.8) is 0 Å². The number of nitrogens with two attached hydrogens (primary N) is 1. The van der Waals surface area contributed by atoms with Crippen LogP contribution in [0.1, 0.15) is 52.0 Å². The summed E-state index contributed by atoms with van der Waals surface area (Å²) >= 11 is 0. The van der Waals surface area contributed by atoms with Crippen molar-refractivity contribution in [1.82, 2.24) is 10.3 Å². The molecule has 3 N–H and O–H groups in total. The van der Waals surface area contributed by atoms with E-state index in [1.165, 1.54) is 12.8 Å². The summed E-state index contributed by atoms with van der Waals surface area (Å²) in [7, 11) is 0. The zero-order valence-electron chi connectivity index (χ0n) is 15.3. The van der Waals surface area contributed by atoms with Crippen LogP contribution in [0.4, 0.5) is 5.82 Å². The predicted octanol–water partition coefficient (Wildman–Crippen LogP) is 2.70. The average Bonchev–Trinajstić information content (AvgIpc) is 2.63. The second-order valence-electron chi connectivity index (χ2n) is 7.07. The van der Waals surface area contributed by atoms with Gasteiger partial charge >= 0.3 is 0 Å². The van der Waals surface area contributed by atoms with Gasteiger partial charge in [-0.2, -0.15) is 0 Å². The van der Waals surface area contributed by atoms with Crippen LogP contribution in [0.2, 0.25) is 0 Å². The molecule has 134 valence electrons. The minimum absolute atomic E-state index is 0.0455. The van der Waals surface area contributed by atoms with Gasteiger partial charge in [-0.1, -0.05) is 26.8 Å². The number of hydrogen-bond acceptors (Lipinski definition) is 4. The van der Waals surface area contributed by atoms with E-state index in [0.717, 1.165) is 43.2 Å². The van der Waals surface area contributed by atoms with Gasteiger partial charge in [0.15, 0.2) is 0 Å². The molecule has 1 saturated heterocycles. The van der Waals surface area contributed by atoms with E-state index < -0.39 is 5.41 Å². The Labute approximate surface area is 146 Å². The average molecular weight is 332 g/mol. The van der Waals surface area contributed by atoms with Gasteiger partial charge in [0.05, 0.1) is 5.41 Å². The summed E-state index contributed by atoms with van der Waals surface area (Å²) in [6.07, 6.45) is 5.85. The van der Waals surface area contributed by atoms with E-state index in [1.54, 1.807) is 0 Å². The molecule has 24 heavy (non-hydrogen) atoms. The first kappa shape index (κ1) is 18.7. The highest BCUT2D eigenvalue weighted by Crippen LogP contribution is 2.25. The van der Waals surface area contributed by atoms with Crippen LogP contribution < -0.4 is 16.0 Å². The Morgan fingerprint density at radius 2 is 2.00 bits per heavy atom. The van der Waals surface area contributed by atoms with Crippen LogP contribution in [0.25, 0.3) is 0 Å². The number of carbonyl (C=O) groups is 1. The highest BCUT2D eigenvalue weighted by molar-refractivity contribution is 5.82. The number of amides is 1. The topological polar surface area (TPSA) is 71.2 Å². The zero-order valence-corrected chi connectivity index (χ0v) is 15.3. The maximum absolute atomic E-state index is 12.5. The Kier molecular flexibility index (Phi) is 6.60. The first-order valence-corrected chi connectivity index (χ1v) is 9.23. The lowest BCUT2D eigenvalue weighted by molar-refractivity contribution is -0.131. The summed E-state index contributed by atoms with van der Waals surface area (Å²) in [4.78, 5) is 19.4. The van der Waals surface area contributed by atoms with Gasteiger partial charge in [0, 0.05) is 32.4 Å². The third-order valence-electron chi connectivity index (χ3n) is 5.60. The van der Waals surface area contributed by atoms with Crippen molar-refractivity contribution in [2.45, 2.75) is 53.0 Å². The van der Waals surface area contributed by atoms with Gasteiger partial charge in [0.1, 0.15) is 5.82 Å². The van der Waals surface area contributed by atoms with Crippen LogP contribution in [0.15, 0.2) is 18.3 Å². The van der Waals surface area contributed by atoms with E-state index in [1.807, 2.05) is 20.0 Å². The highest BCUT2D eigenvalue weighted by Gasteiger charge is 2.32. The van der Waals surface area contributed by atoms with Gasteiger partial charge in [0.2, 0.25) is 5.91 Å². The molecular formula is C19H32N4O. The number of nitrogens with one attached hydrogen (secondary N) is 1. The van der Waals surface area contributed by atoms with Crippen molar-refractivity contribution in [3.8, 4) is 0 Å².